The van der Waals surface area contributed by atoms with Gasteiger partial charge < -0.3 is 5.32 Å². The summed E-state index contributed by atoms with van der Waals surface area (Å²) >= 11 is 0. The van der Waals surface area contributed by atoms with E-state index >= 15 is 0 Å². The van der Waals surface area contributed by atoms with Crippen LogP contribution in [0.1, 0.15) is 11.1 Å². The fourth-order valence-corrected chi connectivity index (χ4v) is 1.95. The summed E-state index contributed by atoms with van der Waals surface area (Å²) in [5.74, 6) is -1.05. The van der Waals surface area contributed by atoms with Gasteiger partial charge in [-0.3, -0.25) is 4.68 Å². The van der Waals surface area contributed by atoms with E-state index in [2.05, 4.69) is 10.4 Å². The van der Waals surface area contributed by atoms with E-state index in [4.69, 9.17) is 0 Å². The third-order valence-electron chi connectivity index (χ3n) is 2.86. The van der Waals surface area contributed by atoms with Crippen molar-refractivity contribution in [3.63, 3.8) is 0 Å². The number of nitrogens with zero attached hydrogens (tertiary/aromatic N) is 2. The van der Waals surface area contributed by atoms with Crippen molar-refractivity contribution in [2.75, 3.05) is 13.1 Å². The molecule has 102 valence electrons. The first-order valence-corrected chi connectivity index (χ1v) is 6.27. The van der Waals surface area contributed by atoms with Gasteiger partial charge in [0.1, 0.15) is 11.6 Å². The molecule has 2 rings (SSSR count). The van der Waals surface area contributed by atoms with Crippen LogP contribution in [-0.4, -0.2) is 22.9 Å². The average molecular weight is 265 g/mol. The highest BCUT2D eigenvalue weighted by Crippen LogP contribution is 2.08. The first-order chi connectivity index (χ1) is 9.13. The van der Waals surface area contributed by atoms with E-state index < -0.39 is 11.6 Å². The van der Waals surface area contributed by atoms with Gasteiger partial charge in [-0.05, 0) is 49.2 Å². The van der Waals surface area contributed by atoms with E-state index in [0.717, 1.165) is 19.0 Å². The molecule has 5 heteroatoms. The Kier molecular flexibility index (Phi) is 4.63. The van der Waals surface area contributed by atoms with Crippen LogP contribution in [0.15, 0.2) is 30.6 Å². The summed E-state index contributed by atoms with van der Waals surface area (Å²) < 4.78 is 27.7. The lowest BCUT2D eigenvalue weighted by atomic mass is 10.1. The second kappa shape index (κ2) is 6.43. The smallest absolute Gasteiger partial charge is 0.126 e. The van der Waals surface area contributed by atoms with Crippen LogP contribution >= 0.6 is 0 Å². The van der Waals surface area contributed by atoms with Gasteiger partial charge in [0.25, 0.3) is 0 Å². The fourth-order valence-electron chi connectivity index (χ4n) is 1.95. The summed E-state index contributed by atoms with van der Waals surface area (Å²) in [4.78, 5) is 0. The van der Waals surface area contributed by atoms with Crippen molar-refractivity contribution in [1.82, 2.24) is 15.1 Å². The Labute approximate surface area is 111 Å². The van der Waals surface area contributed by atoms with E-state index in [0.29, 0.717) is 18.5 Å². The second-order valence-corrected chi connectivity index (χ2v) is 4.55. The number of halogens is 2. The normalized spacial score (nSPS) is 10.9. The molecule has 0 amide bonds. The van der Waals surface area contributed by atoms with Crippen LogP contribution in [0, 0.1) is 11.6 Å². The molecule has 0 aliphatic carbocycles. The maximum atomic E-state index is 13.0. The van der Waals surface area contributed by atoms with Crippen LogP contribution in [0.3, 0.4) is 0 Å². The average Bonchev–Trinajstić information content (AvgIpc) is 2.73. The predicted molar refractivity (Wildman–Crippen MR) is 69.8 cm³/mol. The third-order valence-corrected chi connectivity index (χ3v) is 2.86. The molecule has 0 fully saturated rings. The molecule has 0 spiro atoms. The first kappa shape index (κ1) is 13.7. The number of aryl methyl sites for hydroxylation is 1. The van der Waals surface area contributed by atoms with Crippen LogP contribution in [0.2, 0.25) is 0 Å². The molecule has 0 saturated carbocycles. The van der Waals surface area contributed by atoms with Crippen molar-refractivity contribution in [2.24, 2.45) is 7.05 Å². The van der Waals surface area contributed by atoms with E-state index in [-0.39, 0.29) is 0 Å². The molecule has 3 nitrogen and oxygen atoms in total. The van der Waals surface area contributed by atoms with Crippen molar-refractivity contribution >= 4 is 0 Å². The molecule has 0 atom stereocenters. The van der Waals surface area contributed by atoms with E-state index in [1.807, 2.05) is 19.4 Å². The van der Waals surface area contributed by atoms with Crippen molar-refractivity contribution in [3.8, 4) is 0 Å². The lowest BCUT2D eigenvalue weighted by molar-refractivity contribution is 0.577. The summed E-state index contributed by atoms with van der Waals surface area (Å²) in [6.45, 7) is 1.52. The Morgan fingerprint density at radius 3 is 2.26 bits per heavy atom. The molecule has 0 unspecified atom stereocenters. The molecular formula is C14H17F2N3. The lowest BCUT2D eigenvalue weighted by Crippen LogP contribution is -2.20. The maximum Gasteiger partial charge on any atom is 0.126 e. The Morgan fingerprint density at radius 2 is 1.68 bits per heavy atom. The summed E-state index contributed by atoms with van der Waals surface area (Å²) in [6, 6.07) is 3.62. The molecular weight excluding hydrogens is 248 g/mol. The second-order valence-electron chi connectivity index (χ2n) is 4.55. The quantitative estimate of drug-likeness (QED) is 0.810. The van der Waals surface area contributed by atoms with Gasteiger partial charge in [0.2, 0.25) is 0 Å². The van der Waals surface area contributed by atoms with Gasteiger partial charge >= 0.3 is 0 Å². The van der Waals surface area contributed by atoms with Gasteiger partial charge in [-0.15, -0.1) is 0 Å². The van der Waals surface area contributed by atoms with Crippen LogP contribution in [0.5, 0.6) is 0 Å². The van der Waals surface area contributed by atoms with E-state index in [1.54, 1.807) is 4.68 Å². The van der Waals surface area contributed by atoms with Crippen LogP contribution in [-0.2, 0) is 19.9 Å². The Balaban J connectivity index is 1.69. The minimum atomic E-state index is -0.523. The van der Waals surface area contributed by atoms with Crippen LogP contribution in [0.4, 0.5) is 8.78 Å². The predicted octanol–water partition coefficient (Wildman–Crippen LogP) is 2.07. The summed E-state index contributed by atoms with van der Waals surface area (Å²) in [6.07, 6.45) is 5.32. The van der Waals surface area contributed by atoms with Crippen molar-refractivity contribution in [3.05, 3.63) is 53.4 Å². The summed E-state index contributed by atoms with van der Waals surface area (Å²) in [5.41, 5.74) is 1.85. The largest absolute Gasteiger partial charge is 0.316 e. The molecule has 1 aromatic carbocycles. The fraction of sp³-hybridized carbons (Fsp3) is 0.357. The van der Waals surface area contributed by atoms with Crippen molar-refractivity contribution in [2.45, 2.75) is 12.8 Å². The monoisotopic (exact) mass is 265 g/mol. The van der Waals surface area contributed by atoms with E-state index in [9.17, 15) is 8.78 Å². The van der Waals surface area contributed by atoms with Gasteiger partial charge in [-0.2, -0.15) is 5.10 Å². The zero-order valence-electron chi connectivity index (χ0n) is 10.9. The molecule has 1 N–H and O–H groups in total. The molecule has 0 bridgehead atoms. The Bertz CT molecular complexity index is 517. The molecule has 19 heavy (non-hydrogen) atoms. The third kappa shape index (κ3) is 4.44. The number of hydrogen-bond donors (Lipinski definition) is 1. The first-order valence-electron chi connectivity index (χ1n) is 6.27. The number of hydrogen-bond acceptors (Lipinski definition) is 2. The van der Waals surface area contributed by atoms with Crippen molar-refractivity contribution < 1.29 is 8.78 Å². The number of nitrogens with one attached hydrogen (secondary N) is 1. The lowest BCUT2D eigenvalue weighted by Gasteiger charge is -2.04. The molecule has 1 aromatic heterocycles. The topological polar surface area (TPSA) is 29.9 Å². The Hall–Kier alpha value is -1.75. The van der Waals surface area contributed by atoms with Gasteiger partial charge in [0, 0.05) is 19.3 Å². The minimum Gasteiger partial charge on any atom is -0.316 e. The van der Waals surface area contributed by atoms with Crippen molar-refractivity contribution in [1.29, 1.82) is 0 Å². The molecule has 2 aromatic rings. The number of benzene rings is 1. The SMILES string of the molecule is Cn1cc(CCNCCc2cc(F)cc(F)c2)cn1. The van der Waals surface area contributed by atoms with Gasteiger partial charge in [-0.1, -0.05) is 0 Å². The van der Waals surface area contributed by atoms with Gasteiger partial charge in [0.05, 0.1) is 6.20 Å². The molecule has 0 radical (unpaired) electrons. The Morgan fingerprint density at radius 1 is 1.05 bits per heavy atom. The standard InChI is InChI=1S/C14H17F2N3/c1-19-10-12(9-18-19)3-5-17-4-2-11-6-13(15)8-14(16)7-11/h6-10,17H,2-5H2,1H3. The summed E-state index contributed by atoms with van der Waals surface area (Å²) in [5, 5.41) is 7.34. The molecule has 1 heterocycles. The number of rotatable bonds is 6. The highest BCUT2D eigenvalue weighted by Gasteiger charge is 2.00. The summed E-state index contributed by atoms with van der Waals surface area (Å²) in [7, 11) is 1.88. The maximum absolute atomic E-state index is 13.0. The molecule has 0 saturated heterocycles. The van der Waals surface area contributed by atoms with E-state index in [1.165, 1.54) is 17.7 Å². The highest BCUT2D eigenvalue weighted by molar-refractivity contribution is 5.18. The zero-order chi connectivity index (χ0) is 13.7. The molecule has 0 aliphatic heterocycles. The number of aromatic nitrogens is 2. The molecule has 0 aliphatic rings. The van der Waals surface area contributed by atoms with Crippen LogP contribution < -0.4 is 5.32 Å². The van der Waals surface area contributed by atoms with Crippen LogP contribution in [0.25, 0.3) is 0 Å². The van der Waals surface area contributed by atoms with Gasteiger partial charge in [-0.25, -0.2) is 8.78 Å². The minimum absolute atomic E-state index is 0.523. The highest BCUT2D eigenvalue weighted by atomic mass is 19.1. The van der Waals surface area contributed by atoms with Gasteiger partial charge in [0.15, 0.2) is 0 Å². The zero-order valence-corrected chi connectivity index (χ0v) is 10.9.